The molecule has 2 atom stereocenters. The van der Waals surface area contributed by atoms with Gasteiger partial charge in [-0.3, -0.25) is 4.68 Å². The maximum Gasteiger partial charge on any atom is 0.150 e. The summed E-state index contributed by atoms with van der Waals surface area (Å²) in [5, 5.41) is 14.4. The minimum atomic E-state index is -2.92. The molecule has 1 fully saturated rings. The Morgan fingerprint density at radius 2 is 2.26 bits per heavy atom. The largest absolute Gasteiger partial charge is 0.396 e. The van der Waals surface area contributed by atoms with Crippen LogP contribution in [-0.4, -0.2) is 41.4 Å². The predicted octanol–water partition coefficient (Wildman–Crippen LogP) is 0.968. The average Bonchev–Trinajstić information content (AvgIpc) is 2.79. The zero-order valence-electron chi connectivity index (χ0n) is 11.1. The van der Waals surface area contributed by atoms with Crippen LogP contribution in [-0.2, 0) is 23.3 Å². The molecule has 2 heterocycles. The lowest BCUT2D eigenvalue weighted by atomic mass is 9.88. The molecule has 2 unspecified atom stereocenters. The van der Waals surface area contributed by atoms with Crippen LogP contribution in [0.15, 0.2) is 0 Å². The summed E-state index contributed by atoms with van der Waals surface area (Å²) in [6.07, 6.45) is 1.19. The molecule has 0 saturated carbocycles. The third kappa shape index (κ3) is 3.12. The van der Waals surface area contributed by atoms with Crippen molar-refractivity contribution in [2.45, 2.75) is 19.8 Å². The van der Waals surface area contributed by atoms with Crippen LogP contribution in [0.1, 0.15) is 17.8 Å². The van der Waals surface area contributed by atoms with Gasteiger partial charge in [-0.25, -0.2) is 8.42 Å². The van der Waals surface area contributed by atoms with Crippen molar-refractivity contribution in [3.63, 3.8) is 0 Å². The SMILES string of the molecule is Cc1nn(C)c(CC(CO)C2CCS(=O)(=O)C2)c1Cl. The van der Waals surface area contributed by atoms with Crippen LogP contribution in [0.25, 0.3) is 0 Å². The summed E-state index contributed by atoms with van der Waals surface area (Å²) in [5.41, 5.74) is 1.62. The van der Waals surface area contributed by atoms with Crippen LogP contribution in [0.5, 0.6) is 0 Å². The molecular weight excluding hydrogens is 288 g/mol. The van der Waals surface area contributed by atoms with Crippen molar-refractivity contribution >= 4 is 21.4 Å². The van der Waals surface area contributed by atoms with E-state index in [-0.39, 0.29) is 29.9 Å². The number of rotatable bonds is 4. The summed E-state index contributed by atoms with van der Waals surface area (Å²) < 4.78 is 24.8. The van der Waals surface area contributed by atoms with Gasteiger partial charge in [0.15, 0.2) is 9.84 Å². The van der Waals surface area contributed by atoms with Gasteiger partial charge in [-0.15, -0.1) is 0 Å². The van der Waals surface area contributed by atoms with Gasteiger partial charge >= 0.3 is 0 Å². The highest BCUT2D eigenvalue weighted by molar-refractivity contribution is 7.91. The van der Waals surface area contributed by atoms with E-state index in [0.717, 1.165) is 11.4 Å². The molecule has 1 aromatic rings. The second-order valence-electron chi connectivity index (χ2n) is 5.28. The Balaban J connectivity index is 2.16. The van der Waals surface area contributed by atoms with Crippen LogP contribution < -0.4 is 0 Å². The van der Waals surface area contributed by atoms with E-state index >= 15 is 0 Å². The highest BCUT2D eigenvalue weighted by Gasteiger charge is 2.34. The quantitative estimate of drug-likeness (QED) is 0.899. The van der Waals surface area contributed by atoms with Gasteiger partial charge in [0, 0.05) is 13.7 Å². The molecule has 0 aromatic carbocycles. The summed E-state index contributed by atoms with van der Waals surface area (Å²) in [5.74, 6) is 0.338. The molecule has 0 bridgehead atoms. The minimum absolute atomic E-state index is 0.0151. The van der Waals surface area contributed by atoms with E-state index < -0.39 is 9.84 Å². The van der Waals surface area contributed by atoms with Gasteiger partial charge in [0.05, 0.1) is 27.9 Å². The molecule has 0 radical (unpaired) electrons. The monoisotopic (exact) mass is 306 g/mol. The number of aliphatic hydroxyl groups excluding tert-OH is 1. The van der Waals surface area contributed by atoms with Gasteiger partial charge in [-0.05, 0) is 31.6 Å². The predicted molar refractivity (Wildman–Crippen MR) is 74.0 cm³/mol. The van der Waals surface area contributed by atoms with Crippen molar-refractivity contribution < 1.29 is 13.5 Å². The molecule has 1 saturated heterocycles. The molecule has 1 N–H and O–H groups in total. The van der Waals surface area contributed by atoms with Crippen LogP contribution in [0.4, 0.5) is 0 Å². The van der Waals surface area contributed by atoms with Crippen molar-refractivity contribution in [3.8, 4) is 0 Å². The molecule has 19 heavy (non-hydrogen) atoms. The lowest BCUT2D eigenvalue weighted by molar-refractivity contribution is 0.182. The number of sulfone groups is 1. The van der Waals surface area contributed by atoms with E-state index in [1.165, 1.54) is 0 Å². The van der Waals surface area contributed by atoms with Crippen LogP contribution in [0.2, 0.25) is 5.02 Å². The van der Waals surface area contributed by atoms with E-state index in [9.17, 15) is 13.5 Å². The fraction of sp³-hybridized carbons (Fsp3) is 0.750. The number of hydrogen-bond donors (Lipinski definition) is 1. The standard InChI is InChI=1S/C12H19ClN2O3S/c1-8-12(13)11(15(2)14-8)5-10(6-16)9-3-4-19(17,18)7-9/h9-10,16H,3-7H2,1-2H3. The lowest BCUT2D eigenvalue weighted by Crippen LogP contribution is -2.23. The molecular formula is C12H19ClN2O3S. The second kappa shape index (κ2) is 5.42. The number of hydrogen-bond acceptors (Lipinski definition) is 4. The molecule has 5 nitrogen and oxygen atoms in total. The Kier molecular flexibility index (Phi) is 4.23. The van der Waals surface area contributed by atoms with Crippen molar-refractivity contribution in [2.75, 3.05) is 18.1 Å². The van der Waals surface area contributed by atoms with E-state index in [0.29, 0.717) is 17.9 Å². The van der Waals surface area contributed by atoms with Crippen molar-refractivity contribution in [1.82, 2.24) is 9.78 Å². The average molecular weight is 307 g/mol. The first-order valence-electron chi connectivity index (χ1n) is 6.33. The number of halogens is 1. The van der Waals surface area contributed by atoms with Gasteiger partial charge in [0.1, 0.15) is 0 Å². The van der Waals surface area contributed by atoms with Crippen molar-refractivity contribution in [2.24, 2.45) is 18.9 Å². The van der Waals surface area contributed by atoms with Gasteiger partial charge in [0.2, 0.25) is 0 Å². The van der Waals surface area contributed by atoms with Crippen LogP contribution >= 0.6 is 11.6 Å². The fourth-order valence-corrected chi connectivity index (χ4v) is 4.88. The molecule has 108 valence electrons. The number of aryl methyl sites for hydroxylation is 2. The number of nitrogens with zero attached hydrogens (tertiary/aromatic N) is 2. The maximum atomic E-state index is 11.5. The summed E-state index contributed by atoms with van der Waals surface area (Å²) in [7, 11) is -1.11. The summed E-state index contributed by atoms with van der Waals surface area (Å²) in [6, 6.07) is 0. The van der Waals surface area contributed by atoms with Crippen LogP contribution in [0, 0.1) is 18.8 Å². The van der Waals surface area contributed by atoms with Crippen LogP contribution in [0.3, 0.4) is 0 Å². The van der Waals surface area contributed by atoms with Gasteiger partial charge in [-0.2, -0.15) is 5.10 Å². The van der Waals surface area contributed by atoms with Crippen molar-refractivity contribution in [3.05, 3.63) is 16.4 Å². The Labute approximate surface area is 118 Å². The first-order valence-corrected chi connectivity index (χ1v) is 8.53. The second-order valence-corrected chi connectivity index (χ2v) is 7.89. The highest BCUT2D eigenvalue weighted by Crippen LogP contribution is 2.30. The normalized spacial score (nSPS) is 23.7. The molecule has 1 aromatic heterocycles. The fourth-order valence-electron chi connectivity index (χ4n) is 2.73. The molecule has 1 aliphatic rings. The van der Waals surface area contributed by atoms with E-state index in [4.69, 9.17) is 11.6 Å². The molecule has 1 aliphatic heterocycles. The van der Waals surface area contributed by atoms with E-state index in [1.54, 1.807) is 4.68 Å². The highest BCUT2D eigenvalue weighted by atomic mass is 35.5. The maximum absolute atomic E-state index is 11.5. The zero-order chi connectivity index (χ0) is 14.2. The Morgan fingerprint density at radius 3 is 2.68 bits per heavy atom. The molecule has 7 heteroatoms. The minimum Gasteiger partial charge on any atom is -0.396 e. The smallest absolute Gasteiger partial charge is 0.150 e. The third-order valence-electron chi connectivity index (χ3n) is 3.89. The Morgan fingerprint density at radius 1 is 1.58 bits per heavy atom. The Bertz CT molecular complexity index is 568. The number of aliphatic hydroxyl groups is 1. The van der Waals surface area contributed by atoms with Gasteiger partial charge in [-0.1, -0.05) is 11.6 Å². The van der Waals surface area contributed by atoms with E-state index in [1.807, 2.05) is 14.0 Å². The zero-order valence-corrected chi connectivity index (χ0v) is 12.7. The topological polar surface area (TPSA) is 72.2 Å². The first kappa shape index (κ1) is 14.8. The Hall–Kier alpha value is -0.590. The summed E-state index contributed by atoms with van der Waals surface area (Å²) >= 11 is 6.19. The summed E-state index contributed by atoms with van der Waals surface area (Å²) in [6.45, 7) is 1.81. The first-order chi connectivity index (χ1) is 8.84. The summed E-state index contributed by atoms with van der Waals surface area (Å²) in [4.78, 5) is 0. The molecule has 0 amide bonds. The molecule has 0 spiro atoms. The molecule has 0 aliphatic carbocycles. The molecule has 2 rings (SSSR count). The number of aromatic nitrogens is 2. The van der Waals surface area contributed by atoms with Crippen molar-refractivity contribution in [1.29, 1.82) is 0 Å². The van der Waals surface area contributed by atoms with Gasteiger partial charge < -0.3 is 5.11 Å². The third-order valence-corrected chi connectivity index (χ3v) is 6.17. The van der Waals surface area contributed by atoms with Gasteiger partial charge in [0.25, 0.3) is 0 Å². The lowest BCUT2D eigenvalue weighted by Gasteiger charge is -2.20. The van der Waals surface area contributed by atoms with E-state index in [2.05, 4.69) is 5.10 Å².